The summed E-state index contributed by atoms with van der Waals surface area (Å²) in [7, 11) is 0. The van der Waals surface area contributed by atoms with Gasteiger partial charge >= 0.3 is 12.0 Å². The molecule has 0 spiro atoms. The van der Waals surface area contributed by atoms with Gasteiger partial charge in [0.05, 0.1) is 5.92 Å². The molecule has 1 unspecified atom stereocenters. The Balaban J connectivity index is 1.69. The summed E-state index contributed by atoms with van der Waals surface area (Å²) in [5.41, 5.74) is 4.05. The Bertz CT molecular complexity index is 758. The van der Waals surface area contributed by atoms with E-state index in [1.54, 1.807) is 4.90 Å². The average molecular weight is 324 g/mol. The van der Waals surface area contributed by atoms with Crippen molar-refractivity contribution in [3.8, 4) is 11.1 Å². The topological polar surface area (TPSA) is 69.6 Å². The summed E-state index contributed by atoms with van der Waals surface area (Å²) in [4.78, 5) is 24.8. The van der Waals surface area contributed by atoms with Crippen molar-refractivity contribution in [2.45, 2.75) is 13.3 Å². The molecule has 2 amide bonds. The van der Waals surface area contributed by atoms with E-state index < -0.39 is 11.9 Å². The molecule has 1 aliphatic rings. The van der Waals surface area contributed by atoms with E-state index in [1.165, 1.54) is 0 Å². The molecule has 0 saturated carbocycles. The summed E-state index contributed by atoms with van der Waals surface area (Å²) >= 11 is 0. The first-order chi connectivity index (χ1) is 11.5. The number of rotatable bonds is 3. The first kappa shape index (κ1) is 16.1. The molecule has 5 heteroatoms. The Morgan fingerprint density at radius 2 is 1.92 bits per heavy atom. The monoisotopic (exact) mass is 324 g/mol. The summed E-state index contributed by atoms with van der Waals surface area (Å²) in [5, 5.41) is 11.9. The SMILES string of the molecule is Cc1cc(NC(=O)N2CCC(C(=O)O)C2)ccc1-c1ccccc1. The van der Waals surface area contributed by atoms with E-state index in [0.29, 0.717) is 13.0 Å². The molecule has 1 heterocycles. The standard InChI is InChI=1S/C19H20N2O3/c1-13-11-16(7-8-17(13)14-5-3-2-4-6-14)20-19(24)21-10-9-15(12-21)18(22)23/h2-8,11,15H,9-10,12H2,1H3,(H,20,24)(H,22,23). The number of anilines is 1. The van der Waals surface area contributed by atoms with Crippen molar-refractivity contribution in [1.29, 1.82) is 0 Å². The molecule has 24 heavy (non-hydrogen) atoms. The zero-order valence-electron chi connectivity index (χ0n) is 13.5. The number of hydrogen-bond donors (Lipinski definition) is 2. The second-order valence-corrected chi connectivity index (χ2v) is 6.10. The smallest absolute Gasteiger partial charge is 0.321 e. The Kier molecular flexibility index (Phi) is 4.51. The van der Waals surface area contributed by atoms with Gasteiger partial charge in [-0.1, -0.05) is 36.4 Å². The number of nitrogens with one attached hydrogen (secondary N) is 1. The van der Waals surface area contributed by atoms with E-state index in [-0.39, 0.29) is 12.6 Å². The largest absolute Gasteiger partial charge is 0.481 e. The Labute approximate surface area is 140 Å². The molecule has 2 aromatic rings. The predicted octanol–water partition coefficient (Wildman–Crippen LogP) is 3.60. The van der Waals surface area contributed by atoms with E-state index in [2.05, 4.69) is 17.4 Å². The number of aryl methyl sites for hydroxylation is 1. The fourth-order valence-corrected chi connectivity index (χ4v) is 3.03. The second kappa shape index (κ2) is 6.74. The third-order valence-corrected chi connectivity index (χ3v) is 4.39. The zero-order valence-corrected chi connectivity index (χ0v) is 13.5. The molecule has 1 atom stereocenters. The second-order valence-electron chi connectivity index (χ2n) is 6.10. The average Bonchev–Trinajstić information content (AvgIpc) is 3.06. The van der Waals surface area contributed by atoms with Crippen molar-refractivity contribution >= 4 is 17.7 Å². The van der Waals surface area contributed by atoms with Gasteiger partial charge in [0.25, 0.3) is 0 Å². The summed E-state index contributed by atoms with van der Waals surface area (Å²) in [6, 6.07) is 15.6. The normalized spacial score (nSPS) is 16.9. The number of carbonyl (C=O) groups is 2. The summed E-state index contributed by atoms with van der Waals surface area (Å²) in [5.74, 6) is -1.30. The molecule has 0 bridgehead atoms. The van der Waals surface area contributed by atoms with Gasteiger partial charge in [0.15, 0.2) is 0 Å². The maximum Gasteiger partial charge on any atom is 0.321 e. The van der Waals surface area contributed by atoms with E-state index >= 15 is 0 Å². The lowest BCUT2D eigenvalue weighted by Gasteiger charge is -2.17. The highest BCUT2D eigenvalue weighted by atomic mass is 16.4. The van der Waals surface area contributed by atoms with Gasteiger partial charge in [-0.2, -0.15) is 0 Å². The van der Waals surface area contributed by atoms with Gasteiger partial charge in [-0.3, -0.25) is 4.79 Å². The number of carbonyl (C=O) groups excluding carboxylic acids is 1. The van der Waals surface area contributed by atoms with Crippen molar-refractivity contribution in [2.24, 2.45) is 5.92 Å². The van der Waals surface area contributed by atoms with Crippen molar-refractivity contribution in [3.63, 3.8) is 0 Å². The van der Waals surface area contributed by atoms with Gasteiger partial charge in [0.1, 0.15) is 0 Å². The fraction of sp³-hybridized carbons (Fsp3) is 0.263. The highest BCUT2D eigenvalue weighted by Gasteiger charge is 2.30. The number of amides is 2. The van der Waals surface area contributed by atoms with Crippen LogP contribution in [0.2, 0.25) is 0 Å². The first-order valence-corrected chi connectivity index (χ1v) is 7.99. The van der Waals surface area contributed by atoms with Crippen LogP contribution >= 0.6 is 0 Å². The fourth-order valence-electron chi connectivity index (χ4n) is 3.03. The van der Waals surface area contributed by atoms with Gasteiger partial charge in [-0.05, 0) is 42.2 Å². The Hall–Kier alpha value is -2.82. The van der Waals surface area contributed by atoms with E-state index in [4.69, 9.17) is 5.11 Å². The van der Waals surface area contributed by atoms with Crippen LogP contribution in [0.15, 0.2) is 48.5 Å². The van der Waals surface area contributed by atoms with Crippen LogP contribution in [0.5, 0.6) is 0 Å². The summed E-state index contributed by atoms with van der Waals surface area (Å²) < 4.78 is 0. The number of carboxylic acids is 1. The quantitative estimate of drug-likeness (QED) is 0.906. The lowest BCUT2D eigenvalue weighted by molar-refractivity contribution is -0.141. The van der Waals surface area contributed by atoms with Gasteiger partial charge < -0.3 is 15.3 Å². The van der Waals surface area contributed by atoms with Crippen LogP contribution in [0.3, 0.4) is 0 Å². The molecule has 2 aromatic carbocycles. The number of benzene rings is 2. The molecule has 5 nitrogen and oxygen atoms in total. The Morgan fingerprint density at radius 1 is 1.17 bits per heavy atom. The van der Waals surface area contributed by atoms with Gasteiger partial charge in [0.2, 0.25) is 0 Å². The lowest BCUT2D eigenvalue weighted by atomic mass is 10.0. The number of hydrogen-bond acceptors (Lipinski definition) is 2. The molecule has 1 aliphatic heterocycles. The molecule has 1 fully saturated rings. The molecular formula is C19H20N2O3. The predicted molar refractivity (Wildman–Crippen MR) is 92.9 cm³/mol. The highest BCUT2D eigenvalue weighted by Crippen LogP contribution is 2.26. The molecule has 1 saturated heterocycles. The van der Waals surface area contributed by atoms with Crippen molar-refractivity contribution < 1.29 is 14.7 Å². The molecule has 3 rings (SSSR count). The van der Waals surface area contributed by atoms with Gasteiger partial charge in [-0.15, -0.1) is 0 Å². The number of carboxylic acid groups (broad SMARTS) is 1. The van der Waals surface area contributed by atoms with Crippen LogP contribution in [0, 0.1) is 12.8 Å². The van der Waals surface area contributed by atoms with Crippen LogP contribution in [-0.2, 0) is 4.79 Å². The molecule has 0 aliphatic carbocycles. The van der Waals surface area contributed by atoms with Gasteiger partial charge in [0, 0.05) is 18.8 Å². The van der Waals surface area contributed by atoms with Crippen LogP contribution in [0.25, 0.3) is 11.1 Å². The number of aliphatic carboxylic acids is 1. The maximum atomic E-state index is 12.3. The Morgan fingerprint density at radius 3 is 2.54 bits per heavy atom. The van der Waals surface area contributed by atoms with Crippen LogP contribution in [-0.4, -0.2) is 35.1 Å². The maximum absolute atomic E-state index is 12.3. The number of nitrogens with zero attached hydrogens (tertiary/aromatic N) is 1. The number of urea groups is 1. The van der Waals surface area contributed by atoms with Crippen LogP contribution in [0.4, 0.5) is 10.5 Å². The van der Waals surface area contributed by atoms with Crippen molar-refractivity contribution in [3.05, 3.63) is 54.1 Å². The van der Waals surface area contributed by atoms with Crippen molar-refractivity contribution in [1.82, 2.24) is 4.90 Å². The van der Waals surface area contributed by atoms with E-state index in [9.17, 15) is 9.59 Å². The minimum absolute atomic E-state index is 0.245. The van der Waals surface area contributed by atoms with Crippen LogP contribution < -0.4 is 5.32 Å². The molecular weight excluding hydrogens is 304 g/mol. The lowest BCUT2D eigenvalue weighted by Crippen LogP contribution is -2.33. The minimum Gasteiger partial charge on any atom is -0.481 e. The zero-order chi connectivity index (χ0) is 17.1. The highest BCUT2D eigenvalue weighted by molar-refractivity contribution is 5.90. The van der Waals surface area contributed by atoms with E-state index in [1.807, 2.05) is 43.3 Å². The molecule has 124 valence electrons. The van der Waals surface area contributed by atoms with E-state index in [0.717, 1.165) is 22.4 Å². The third-order valence-electron chi connectivity index (χ3n) is 4.39. The third kappa shape index (κ3) is 3.40. The summed E-state index contributed by atoms with van der Waals surface area (Å²) in [6.45, 7) is 2.75. The molecule has 0 aromatic heterocycles. The van der Waals surface area contributed by atoms with Crippen LogP contribution in [0.1, 0.15) is 12.0 Å². The number of likely N-dealkylation sites (tertiary alicyclic amines) is 1. The molecule has 2 N–H and O–H groups in total. The minimum atomic E-state index is -0.839. The van der Waals surface area contributed by atoms with Gasteiger partial charge in [-0.25, -0.2) is 4.79 Å². The van der Waals surface area contributed by atoms with Crippen molar-refractivity contribution in [2.75, 3.05) is 18.4 Å². The first-order valence-electron chi connectivity index (χ1n) is 7.99. The molecule has 0 radical (unpaired) electrons. The summed E-state index contributed by atoms with van der Waals surface area (Å²) in [6.07, 6.45) is 0.509.